The predicted octanol–water partition coefficient (Wildman–Crippen LogP) is 4.48. The van der Waals surface area contributed by atoms with Crippen LogP contribution in [0.4, 0.5) is 9.18 Å². The highest BCUT2D eigenvalue weighted by Gasteiger charge is 2.46. The molecule has 2 aromatic rings. The first-order valence-electron chi connectivity index (χ1n) is 9.52. The molecule has 1 saturated carbocycles. The number of hydrogen-bond donors (Lipinski definition) is 1. The van der Waals surface area contributed by atoms with Crippen molar-refractivity contribution in [2.24, 2.45) is 5.92 Å². The van der Waals surface area contributed by atoms with Gasteiger partial charge in [-0.2, -0.15) is 0 Å². The topological polar surface area (TPSA) is 32.3 Å². The van der Waals surface area contributed by atoms with Crippen molar-refractivity contribution < 1.29 is 9.18 Å². The first-order chi connectivity index (χ1) is 12.6. The van der Waals surface area contributed by atoms with Crippen LogP contribution in [-0.2, 0) is 12.0 Å². The molecule has 0 spiro atoms. The molecule has 2 amide bonds. The first-order valence-corrected chi connectivity index (χ1v) is 9.52. The summed E-state index contributed by atoms with van der Waals surface area (Å²) in [5.74, 6) is 0.407. The summed E-state index contributed by atoms with van der Waals surface area (Å²) in [4.78, 5) is 14.6. The van der Waals surface area contributed by atoms with Crippen LogP contribution < -0.4 is 5.32 Å². The van der Waals surface area contributed by atoms with Crippen molar-refractivity contribution in [3.8, 4) is 0 Å². The molecule has 2 aromatic carbocycles. The zero-order valence-electron chi connectivity index (χ0n) is 15.0. The van der Waals surface area contributed by atoms with Gasteiger partial charge in [-0.1, -0.05) is 42.5 Å². The summed E-state index contributed by atoms with van der Waals surface area (Å²) in [6.07, 6.45) is 5.04. The Morgan fingerprint density at radius 2 is 1.69 bits per heavy atom. The molecule has 0 unspecified atom stereocenters. The van der Waals surface area contributed by atoms with Gasteiger partial charge in [0, 0.05) is 13.1 Å². The Bertz CT molecular complexity index is 747. The third-order valence-corrected chi connectivity index (χ3v) is 5.76. The van der Waals surface area contributed by atoms with Crippen molar-refractivity contribution in [1.82, 2.24) is 10.2 Å². The van der Waals surface area contributed by atoms with E-state index >= 15 is 0 Å². The molecule has 2 fully saturated rings. The van der Waals surface area contributed by atoms with Crippen LogP contribution >= 0.6 is 0 Å². The highest BCUT2D eigenvalue weighted by atomic mass is 19.1. The highest BCUT2D eigenvalue weighted by molar-refractivity contribution is 5.76. The van der Waals surface area contributed by atoms with Gasteiger partial charge in [-0.15, -0.1) is 0 Å². The van der Waals surface area contributed by atoms with Crippen molar-refractivity contribution in [2.45, 2.75) is 37.6 Å². The van der Waals surface area contributed by atoms with Crippen molar-refractivity contribution in [3.63, 3.8) is 0 Å². The van der Waals surface area contributed by atoms with Gasteiger partial charge in [-0.25, -0.2) is 9.18 Å². The van der Waals surface area contributed by atoms with Crippen molar-refractivity contribution in [3.05, 3.63) is 71.5 Å². The molecule has 1 saturated heterocycles. The van der Waals surface area contributed by atoms with Crippen LogP contribution in [0, 0.1) is 11.7 Å². The number of likely N-dealkylation sites (tertiary alicyclic amines) is 1. The number of nitrogens with zero attached hydrogens (tertiary/aromatic N) is 1. The number of carbonyl (C=O) groups excluding carboxylic acids is 1. The molecule has 0 radical (unpaired) electrons. The molecule has 26 heavy (non-hydrogen) atoms. The van der Waals surface area contributed by atoms with Gasteiger partial charge >= 0.3 is 6.03 Å². The molecule has 1 heterocycles. The third kappa shape index (κ3) is 3.74. The standard InChI is InChI=1S/C22H25FN2O/c23-20-8-6-19(7-9-20)22(12-13-22)24-21(26)25-14-10-18(11-15-25)16-17-4-2-1-3-5-17/h1-9,18H,10-16H2,(H,24,26). The van der Waals surface area contributed by atoms with Gasteiger partial charge in [0.2, 0.25) is 0 Å². The Morgan fingerprint density at radius 3 is 2.31 bits per heavy atom. The lowest BCUT2D eigenvalue weighted by molar-refractivity contribution is 0.166. The fourth-order valence-electron chi connectivity index (χ4n) is 3.95. The van der Waals surface area contributed by atoms with Crippen LogP contribution in [0.2, 0.25) is 0 Å². The normalized spacial score (nSPS) is 19.2. The summed E-state index contributed by atoms with van der Waals surface area (Å²) in [5, 5.41) is 3.20. The van der Waals surface area contributed by atoms with Gasteiger partial charge in [0.25, 0.3) is 0 Å². The summed E-state index contributed by atoms with van der Waals surface area (Å²) in [5.41, 5.74) is 2.10. The average Bonchev–Trinajstić information content (AvgIpc) is 3.44. The number of urea groups is 1. The Balaban J connectivity index is 1.30. The van der Waals surface area contributed by atoms with Gasteiger partial charge < -0.3 is 10.2 Å². The van der Waals surface area contributed by atoms with Crippen molar-refractivity contribution in [2.75, 3.05) is 13.1 Å². The summed E-state index contributed by atoms with van der Waals surface area (Å²) < 4.78 is 13.1. The van der Waals surface area contributed by atoms with Crippen molar-refractivity contribution in [1.29, 1.82) is 0 Å². The first kappa shape index (κ1) is 17.1. The average molecular weight is 352 g/mol. The maximum absolute atomic E-state index is 13.1. The Kier molecular flexibility index (Phi) is 4.66. The van der Waals surface area contributed by atoms with Gasteiger partial charge in [0.1, 0.15) is 5.82 Å². The second-order valence-corrected chi connectivity index (χ2v) is 7.64. The lowest BCUT2D eigenvalue weighted by Crippen LogP contribution is -2.48. The number of piperidine rings is 1. The summed E-state index contributed by atoms with van der Waals surface area (Å²) in [7, 11) is 0. The fourth-order valence-corrected chi connectivity index (χ4v) is 3.95. The van der Waals surface area contributed by atoms with E-state index in [2.05, 4.69) is 29.6 Å². The summed E-state index contributed by atoms with van der Waals surface area (Å²) in [6, 6.07) is 17.1. The van der Waals surface area contributed by atoms with E-state index in [1.165, 1.54) is 17.7 Å². The molecule has 1 aliphatic heterocycles. The molecular weight excluding hydrogens is 327 g/mol. The van der Waals surface area contributed by atoms with E-state index in [0.717, 1.165) is 50.8 Å². The monoisotopic (exact) mass is 352 g/mol. The highest BCUT2D eigenvalue weighted by Crippen LogP contribution is 2.45. The van der Waals surface area contributed by atoms with Gasteiger partial charge in [-0.3, -0.25) is 0 Å². The minimum atomic E-state index is -0.286. The molecule has 0 aromatic heterocycles. The largest absolute Gasteiger partial charge is 0.328 e. The van der Waals surface area contributed by atoms with Crippen LogP contribution in [0.5, 0.6) is 0 Å². The maximum Gasteiger partial charge on any atom is 0.318 e. The molecule has 4 heteroatoms. The minimum absolute atomic E-state index is 0.0185. The quantitative estimate of drug-likeness (QED) is 0.864. The van der Waals surface area contributed by atoms with Crippen LogP contribution in [0.1, 0.15) is 36.8 Å². The molecule has 136 valence electrons. The van der Waals surface area contributed by atoms with E-state index in [9.17, 15) is 9.18 Å². The van der Waals surface area contributed by atoms with Crippen LogP contribution in [0.15, 0.2) is 54.6 Å². The van der Waals surface area contributed by atoms with E-state index in [1.807, 2.05) is 11.0 Å². The number of hydrogen-bond acceptors (Lipinski definition) is 1. The van der Waals surface area contributed by atoms with E-state index in [-0.39, 0.29) is 17.4 Å². The summed E-state index contributed by atoms with van der Waals surface area (Å²) in [6.45, 7) is 1.62. The van der Waals surface area contributed by atoms with E-state index < -0.39 is 0 Å². The Hall–Kier alpha value is -2.36. The molecule has 0 atom stereocenters. The zero-order valence-corrected chi connectivity index (χ0v) is 15.0. The number of halogens is 1. The third-order valence-electron chi connectivity index (χ3n) is 5.76. The summed E-state index contributed by atoms with van der Waals surface area (Å²) >= 11 is 0. The SMILES string of the molecule is O=C(NC1(c2ccc(F)cc2)CC1)N1CCC(Cc2ccccc2)CC1. The van der Waals surface area contributed by atoms with Crippen LogP contribution in [-0.4, -0.2) is 24.0 Å². The lowest BCUT2D eigenvalue weighted by atomic mass is 9.90. The number of nitrogens with one attached hydrogen (secondary N) is 1. The second kappa shape index (κ2) is 7.10. The van der Waals surface area contributed by atoms with Crippen LogP contribution in [0.3, 0.4) is 0 Å². The maximum atomic E-state index is 13.1. The number of rotatable bonds is 4. The molecular formula is C22H25FN2O. The smallest absolute Gasteiger partial charge is 0.318 e. The Labute approximate surface area is 154 Å². The number of carbonyl (C=O) groups is 1. The molecule has 4 rings (SSSR count). The molecule has 0 bridgehead atoms. The van der Waals surface area contributed by atoms with Gasteiger partial charge in [0.15, 0.2) is 0 Å². The van der Waals surface area contributed by atoms with E-state index in [0.29, 0.717) is 5.92 Å². The number of amides is 2. The molecule has 1 aliphatic carbocycles. The van der Waals surface area contributed by atoms with E-state index in [1.54, 1.807) is 12.1 Å². The molecule has 2 aliphatic rings. The molecule has 3 nitrogen and oxygen atoms in total. The fraction of sp³-hybridized carbons (Fsp3) is 0.409. The van der Waals surface area contributed by atoms with E-state index in [4.69, 9.17) is 0 Å². The Morgan fingerprint density at radius 1 is 1.04 bits per heavy atom. The minimum Gasteiger partial charge on any atom is -0.328 e. The van der Waals surface area contributed by atoms with Gasteiger partial charge in [-0.05, 0) is 61.3 Å². The second-order valence-electron chi connectivity index (χ2n) is 7.64. The predicted molar refractivity (Wildman–Crippen MR) is 100 cm³/mol. The van der Waals surface area contributed by atoms with Crippen LogP contribution in [0.25, 0.3) is 0 Å². The lowest BCUT2D eigenvalue weighted by Gasteiger charge is -2.33. The number of benzene rings is 2. The molecule has 1 N–H and O–H groups in total. The van der Waals surface area contributed by atoms with Gasteiger partial charge in [0.05, 0.1) is 5.54 Å². The zero-order chi connectivity index (χ0) is 18.0. The van der Waals surface area contributed by atoms with Crippen molar-refractivity contribution >= 4 is 6.03 Å².